The van der Waals surface area contributed by atoms with E-state index in [1.54, 1.807) is 0 Å². The maximum absolute atomic E-state index is 12.4. The summed E-state index contributed by atoms with van der Waals surface area (Å²) in [7, 11) is 1.83. The molecule has 2 rings (SSSR count). The van der Waals surface area contributed by atoms with Gasteiger partial charge in [0.15, 0.2) is 0 Å². The molecule has 0 aliphatic carbocycles. The van der Waals surface area contributed by atoms with Crippen molar-refractivity contribution in [2.24, 2.45) is 0 Å². The zero-order valence-corrected chi connectivity index (χ0v) is 13.0. The van der Waals surface area contributed by atoms with Crippen molar-refractivity contribution in [3.05, 3.63) is 64.7 Å². The minimum atomic E-state index is -0.0626. The van der Waals surface area contributed by atoms with Crippen molar-refractivity contribution in [1.29, 1.82) is 0 Å². The maximum Gasteiger partial charge on any atom is 0.253 e. The molecule has 1 atom stereocenters. The lowest BCUT2D eigenvalue weighted by atomic mass is 10.0. The van der Waals surface area contributed by atoms with Gasteiger partial charge in [0.25, 0.3) is 5.91 Å². The second-order valence-corrected chi connectivity index (χ2v) is 5.40. The van der Waals surface area contributed by atoms with E-state index in [4.69, 9.17) is 0 Å². The van der Waals surface area contributed by atoms with Gasteiger partial charge in [-0.3, -0.25) is 4.79 Å². The summed E-state index contributed by atoms with van der Waals surface area (Å²) in [5.74, 6) is -0.0626. The van der Waals surface area contributed by atoms with E-state index in [0.717, 1.165) is 16.8 Å². The average molecular weight is 282 g/mol. The highest BCUT2D eigenvalue weighted by molar-refractivity contribution is 5.99. The van der Waals surface area contributed by atoms with Gasteiger partial charge in [0, 0.05) is 12.7 Å². The van der Waals surface area contributed by atoms with Crippen LogP contribution in [0.4, 0.5) is 5.69 Å². The van der Waals surface area contributed by atoms with Crippen molar-refractivity contribution >= 4 is 11.6 Å². The van der Waals surface area contributed by atoms with Crippen molar-refractivity contribution in [2.45, 2.75) is 26.8 Å². The van der Waals surface area contributed by atoms with Crippen LogP contribution in [0.2, 0.25) is 0 Å². The number of hydrogen-bond donors (Lipinski definition) is 2. The molecule has 0 saturated carbocycles. The van der Waals surface area contributed by atoms with Gasteiger partial charge in [0.2, 0.25) is 0 Å². The number of carbonyl (C=O) groups is 1. The molecule has 0 heterocycles. The first-order chi connectivity index (χ1) is 10.0. The van der Waals surface area contributed by atoms with Gasteiger partial charge in [-0.05, 0) is 44.0 Å². The van der Waals surface area contributed by atoms with Gasteiger partial charge in [-0.1, -0.05) is 35.9 Å². The Bertz CT molecular complexity index is 632. The minimum Gasteiger partial charge on any atom is -0.387 e. The first-order valence-corrected chi connectivity index (χ1v) is 7.17. The molecule has 21 heavy (non-hydrogen) atoms. The molecule has 2 aromatic carbocycles. The van der Waals surface area contributed by atoms with Crippen LogP contribution < -0.4 is 10.6 Å². The quantitative estimate of drug-likeness (QED) is 0.894. The third-order valence-corrected chi connectivity index (χ3v) is 3.61. The largest absolute Gasteiger partial charge is 0.387 e. The number of carbonyl (C=O) groups excluding carboxylic acids is 1. The number of hydrogen-bond acceptors (Lipinski definition) is 2. The van der Waals surface area contributed by atoms with E-state index in [-0.39, 0.29) is 11.9 Å². The molecular formula is C18H22N2O. The summed E-state index contributed by atoms with van der Waals surface area (Å²) in [6, 6.07) is 14.0. The fourth-order valence-corrected chi connectivity index (χ4v) is 2.28. The van der Waals surface area contributed by atoms with Gasteiger partial charge in [-0.15, -0.1) is 0 Å². The van der Waals surface area contributed by atoms with E-state index in [2.05, 4.69) is 41.8 Å². The summed E-state index contributed by atoms with van der Waals surface area (Å²) < 4.78 is 0. The fourth-order valence-electron chi connectivity index (χ4n) is 2.28. The SMILES string of the molecule is CNc1cc(C)ccc1C(=O)NC(C)c1ccc(C)cc1. The number of nitrogens with one attached hydrogen (secondary N) is 2. The van der Waals surface area contributed by atoms with Crippen LogP contribution in [0.25, 0.3) is 0 Å². The van der Waals surface area contributed by atoms with E-state index >= 15 is 0 Å². The van der Waals surface area contributed by atoms with Crippen molar-refractivity contribution in [3.8, 4) is 0 Å². The highest BCUT2D eigenvalue weighted by atomic mass is 16.1. The van der Waals surface area contributed by atoms with E-state index in [1.807, 2.05) is 39.1 Å². The van der Waals surface area contributed by atoms with Crippen molar-refractivity contribution in [1.82, 2.24) is 5.32 Å². The predicted molar refractivity (Wildman–Crippen MR) is 87.8 cm³/mol. The second kappa shape index (κ2) is 6.44. The molecule has 3 nitrogen and oxygen atoms in total. The summed E-state index contributed by atoms with van der Waals surface area (Å²) in [5, 5.41) is 6.12. The molecule has 1 amide bonds. The number of aryl methyl sites for hydroxylation is 2. The zero-order chi connectivity index (χ0) is 15.4. The molecule has 2 N–H and O–H groups in total. The second-order valence-electron chi connectivity index (χ2n) is 5.40. The Kier molecular flexibility index (Phi) is 4.63. The third kappa shape index (κ3) is 3.63. The highest BCUT2D eigenvalue weighted by Gasteiger charge is 2.14. The van der Waals surface area contributed by atoms with Crippen LogP contribution in [-0.2, 0) is 0 Å². The van der Waals surface area contributed by atoms with Gasteiger partial charge in [-0.25, -0.2) is 0 Å². The summed E-state index contributed by atoms with van der Waals surface area (Å²) >= 11 is 0. The van der Waals surface area contributed by atoms with Crippen LogP contribution in [0.5, 0.6) is 0 Å². The predicted octanol–water partition coefficient (Wildman–Crippen LogP) is 3.84. The summed E-state index contributed by atoms with van der Waals surface area (Å²) in [6.07, 6.45) is 0. The lowest BCUT2D eigenvalue weighted by Gasteiger charge is -2.16. The summed E-state index contributed by atoms with van der Waals surface area (Å²) in [6.45, 7) is 6.06. The van der Waals surface area contributed by atoms with E-state index in [9.17, 15) is 4.79 Å². The van der Waals surface area contributed by atoms with Crippen LogP contribution in [0.3, 0.4) is 0 Å². The van der Waals surface area contributed by atoms with Gasteiger partial charge in [0.1, 0.15) is 0 Å². The molecule has 3 heteroatoms. The van der Waals surface area contributed by atoms with Crippen LogP contribution >= 0.6 is 0 Å². The van der Waals surface area contributed by atoms with Crippen LogP contribution in [0.15, 0.2) is 42.5 Å². The van der Waals surface area contributed by atoms with Gasteiger partial charge in [-0.2, -0.15) is 0 Å². The molecule has 0 spiro atoms. The zero-order valence-electron chi connectivity index (χ0n) is 13.0. The molecule has 0 aliphatic rings. The Morgan fingerprint density at radius 1 is 1.00 bits per heavy atom. The third-order valence-electron chi connectivity index (χ3n) is 3.61. The molecule has 0 fully saturated rings. The Morgan fingerprint density at radius 3 is 2.24 bits per heavy atom. The summed E-state index contributed by atoms with van der Waals surface area (Å²) in [5.41, 5.74) is 4.97. The van der Waals surface area contributed by atoms with Gasteiger partial charge >= 0.3 is 0 Å². The smallest absolute Gasteiger partial charge is 0.253 e. The molecule has 110 valence electrons. The Balaban J connectivity index is 2.16. The fraction of sp³-hybridized carbons (Fsp3) is 0.278. The Hall–Kier alpha value is -2.29. The lowest BCUT2D eigenvalue weighted by molar-refractivity contribution is 0.0940. The molecule has 0 aromatic heterocycles. The molecule has 2 aromatic rings. The Morgan fingerprint density at radius 2 is 1.62 bits per heavy atom. The summed E-state index contributed by atoms with van der Waals surface area (Å²) in [4.78, 5) is 12.4. The molecular weight excluding hydrogens is 260 g/mol. The number of anilines is 1. The van der Waals surface area contributed by atoms with Crippen molar-refractivity contribution < 1.29 is 4.79 Å². The molecule has 0 bridgehead atoms. The van der Waals surface area contributed by atoms with Gasteiger partial charge in [0.05, 0.1) is 11.6 Å². The highest BCUT2D eigenvalue weighted by Crippen LogP contribution is 2.19. The van der Waals surface area contributed by atoms with Gasteiger partial charge < -0.3 is 10.6 Å². The topological polar surface area (TPSA) is 41.1 Å². The monoisotopic (exact) mass is 282 g/mol. The number of amides is 1. The molecule has 0 radical (unpaired) electrons. The number of benzene rings is 2. The normalized spacial score (nSPS) is 11.8. The van der Waals surface area contributed by atoms with Crippen LogP contribution in [0, 0.1) is 13.8 Å². The van der Waals surface area contributed by atoms with E-state index < -0.39 is 0 Å². The van der Waals surface area contributed by atoms with Crippen molar-refractivity contribution in [3.63, 3.8) is 0 Å². The van der Waals surface area contributed by atoms with Crippen LogP contribution in [-0.4, -0.2) is 13.0 Å². The minimum absolute atomic E-state index is 0.0240. The molecule has 0 aliphatic heterocycles. The van der Waals surface area contributed by atoms with Crippen molar-refractivity contribution in [2.75, 3.05) is 12.4 Å². The van der Waals surface area contributed by atoms with E-state index in [0.29, 0.717) is 5.56 Å². The number of rotatable bonds is 4. The first kappa shape index (κ1) is 15.1. The van der Waals surface area contributed by atoms with Crippen LogP contribution in [0.1, 0.15) is 40.0 Å². The molecule has 1 unspecified atom stereocenters. The maximum atomic E-state index is 12.4. The first-order valence-electron chi connectivity index (χ1n) is 7.17. The lowest BCUT2D eigenvalue weighted by Crippen LogP contribution is -2.27. The Labute approximate surface area is 126 Å². The van der Waals surface area contributed by atoms with E-state index in [1.165, 1.54) is 5.56 Å². The average Bonchev–Trinajstić information content (AvgIpc) is 2.47. The molecule has 0 saturated heterocycles. The standard InChI is InChI=1S/C18H22N2O/c1-12-5-8-15(9-6-12)14(3)20-18(21)16-10-7-13(2)11-17(16)19-4/h5-11,14,19H,1-4H3,(H,20,21).